The van der Waals surface area contributed by atoms with Crippen molar-refractivity contribution in [3.63, 3.8) is 0 Å². The molecule has 0 radical (unpaired) electrons. The molecular weight excluding hydrogens is 234 g/mol. The molecule has 2 N–H and O–H groups in total. The second-order valence-electron chi connectivity index (χ2n) is 5.60. The molecule has 0 amide bonds. The quantitative estimate of drug-likeness (QED) is 0.903. The minimum absolute atomic E-state index is 0.625. The third kappa shape index (κ3) is 3.28. The summed E-state index contributed by atoms with van der Waals surface area (Å²) in [6, 6.07) is 7.27. The minimum Gasteiger partial charge on any atom is -0.371 e. The fourth-order valence-electron chi connectivity index (χ4n) is 3.06. The molecule has 0 aliphatic carbocycles. The number of nitrogens with zero attached hydrogens (tertiary/aromatic N) is 2. The summed E-state index contributed by atoms with van der Waals surface area (Å²) in [4.78, 5) is 5.00. The van der Waals surface area contributed by atoms with Crippen LogP contribution in [0.1, 0.15) is 30.9 Å². The molecule has 1 saturated heterocycles. The molecule has 0 atom stereocenters. The summed E-state index contributed by atoms with van der Waals surface area (Å²) in [5, 5.41) is 0. The van der Waals surface area contributed by atoms with Gasteiger partial charge in [-0.2, -0.15) is 0 Å². The van der Waals surface area contributed by atoms with E-state index < -0.39 is 0 Å². The average Bonchev–Trinajstić information content (AvgIpc) is 2.46. The SMILES string of the molecule is CCN1CCC(N(C)c2ccc(CN)cc2C)CC1. The molecule has 1 fully saturated rings. The summed E-state index contributed by atoms with van der Waals surface area (Å²) in [6.45, 7) is 8.70. The van der Waals surface area contributed by atoms with E-state index in [0.29, 0.717) is 12.6 Å². The number of likely N-dealkylation sites (tertiary alicyclic amines) is 1. The van der Waals surface area contributed by atoms with Gasteiger partial charge < -0.3 is 15.5 Å². The van der Waals surface area contributed by atoms with E-state index >= 15 is 0 Å². The zero-order valence-electron chi connectivity index (χ0n) is 12.5. The van der Waals surface area contributed by atoms with Crippen LogP contribution in [-0.4, -0.2) is 37.6 Å². The van der Waals surface area contributed by atoms with E-state index in [1.54, 1.807) is 0 Å². The lowest BCUT2D eigenvalue weighted by atomic mass is 10.0. The highest BCUT2D eigenvalue weighted by Crippen LogP contribution is 2.25. The first-order valence-electron chi connectivity index (χ1n) is 7.40. The second kappa shape index (κ2) is 6.40. The molecule has 19 heavy (non-hydrogen) atoms. The van der Waals surface area contributed by atoms with Crippen molar-refractivity contribution in [3.8, 4) is 0 Å². The highest BCUT2D eigenvalue weighted by molar-refractivity contribution is 5.54. The van der Waals surface area contributed by atoms with Crippen molar-refractivity contribution in [1.29, 1.82) is 0 Å². The Hall–Kier alpha value is -1.06. The third-order valence-corrected chi connectivity index (χ3v) is 4.43. The molecule has 1 aromatic carbocycles. The number of aryl methyl sites for hydroxylation is 1. The molecule has 106 valence electrons. The average molecular weight is 261 g/mol. The Morgan fingerprint density at radius 2 is 2.00 bits per heavy atom. The maximum Gasteiger partial charge on any atom is 0.0396 e. The first kappa shape index (κ1) is 14.4. The molecule has 0 bridgehead atoms. The molecule has 0 aromatic heterocycles. The Labute approximate surface area is 117 Å². The van der Waals surface area contributed by atoms with Crippen LogP contribution in [0.3, 0.4) is 0 Å². The molecule has 0 unspecified atom stereocenters. The molecular formula is C16H27N3. The van der Waals surface area contributed by atoms with Gasteiger partial charge in [0.05, 0.1) is 0 Å². The monoisotopic (exact) mass is 261 g/mol. The lowest BCUT2D eigenvalue weighted by Gasteiger charge is -2.38. The van der Waals surface area contributed by atoms with Crippen molar-refractivity contribution in [2.24, 2.45) is 5.73 Å². The van der Waals surface area contributed by atoms with Gasteiger partial charge in [-0.3, -0.25) is 0 Å². The summed E-state index contributed by atoms with van der Waals surface area (Å²) < 4.78 is 0. The van der Waals surface area contributed by atoms with Crippen molar-refractivity contribution in [2.45, 2.75) is 39.3 Å². The Bertz CT molecular complexity index is 408. The number of hydrogen-bond acceptors (Lipinski definition) is 3. The summed E-state index contributed by atoms with van der Waals surface area (Å²) in [6.07, 6.45) is 2.53. The number of benzene rings is 1. The molecule has 0 spiro atoms. The highest BCUT2D eigenvalue weighted by Gasteiger charge is 2.22. The van der Waals surface area contributed by atoms with Gasteiger partial charge in [0, 0.05) is 38.4 Å². The molecule has 3 nitrogen and oxygen atoms in total. The summed E-state index contributed by atoms with van der Waals surface area (Å²) in [7, 11) is 2.23. The van der Waals surface area contributed by atoms with Crippen LogP contribution in [0.15, 0.2) is 18.2 Å². The van der Waals surface area contributed by atoms with Gasteiger partial charge >= 0.3 is 0 Å². The van der Waals surface area contributed by atoms with Gasteiger partial charge in [0.2, 0.25) is 0 Å². The molecule has 1 aromatic rings. The summed E-state index contributed by atoms with van der Waals surface area (Å²) >= 11 is 0. The number of piperidine rings is 1. The van der Waals surface area contributed by atoms with Crippen LogP contribution >= 0.6 is 0 Å². The van der Waals surface area contributed by atoms with Crippen LogP contribution in [0.4, 0.5) is 5.69 Å². The second-order valence-corrected chi connectivity index (χ2v) is 5.60. The molecule has 1 aliphatic heterocycles. The van der Waals surface area contributed by atoms with Crippen molar-refractivity contribution >= 4 is 5.69 Å². The van der Waals surface area contributed by atoms with Crippen molar-refractivity contribution in [3.05, 3.63) is 29.3 Å². The maximum absolute atomic E-state index is 5.70. The van der Waals surface area contributed by atoms with Gasteiger partial charge in [-0.15, -0.1) is 0 Å². The van der Waals surface area contributed by atoms with E-state index in [9.17, 15) is 0 Å². The van der Waals surface area contributed by atoms with E-state index in [4.69, 9.17) is 5.73 Å². The maximum atomic E-state index is 5.70. The number of anilines is 1. The first-order valence-corrected chi connectivity index (χ1v) is 7.40. The van der Waals surface area contributed by atoms with Gasteiger partial charge in [-0.05, 0) is 43.5 Å². The van der Waals surface area contributed by atoms with Gasteiger partial charge in [-0.1, -0.05) is 19.1 Å². The Morgan fingerprint density at radius 1 is 1.32 bits per heavy atom. The van der Waals surface area contributed by atoms with E-state index in [1.165, 1.54) is 49.3 Å². The minimum atomic E-state index is 0.625. The van der Waals surface area contributed by atoms with E-state index in [1.807, 2.05) is 0 Å². The van der Waals surface area contributed by atoms with Gasteiger partial charge in [0.15, 0.2) is 0 Å². The zero-order valence-corrected chi connectivity index (χ0v) is 12.5. The first-order chi connectivity index (χ1) is 9.15. The molecule has 0 saturated carbocycles. The number of nitrogens with two attached hydrogens (primary N) is 1. The van der Waals surface area contributed by atoms with Crippen LogP contribution in [-0.2, 0) is 6.54 Å². The van der Waals surface area contributed by atoms with Crippen LogP contribution < -0.4 is 10.6 Å². The predicted octanol–water partition coefficient (Wildman–Crippen LogP) is 2.37. The fraction of sp³-hybridized carbons (Fsp3) is 0.625. The molecule has 2 rings (SSSR count). The largest absolute Gasteiger partial charge is 0.371 e. The van der Waals surface area contributed by atoms with E-state index in [-0.39, 0.29) is 0 Å². The van der Waals surface area contributed by atoms with Crippen LogP contribution in [0.5, 0.6) is 0 Å². The van der Waals surface area contributed by atoms with E-state index in [0.717, 1.165) is 0 Å². The Balaban J connectivity index is 2.05. The smallest absolute Gasteiger partial charge is 0.0396 e. The summed E-state index contributed by atoms with van der Waals surface area (Å²) in [5.41, 5.74) is 9.61. The number of rotatable bonds is 4. The van der Waals surface area contributed by atoms with Crippen LogP contribution in [0, 0.1) is 6.92 Å². The normalized spacial score (nSPS) is 17.7. The lowest BCUT2D eigenvalue weighted by molar-refractivity contribution is 0.221. The van der Waals surface area contributed by atoms with Crippen LogP contribution in [0.25, 0.3) is 0 Å². The number of hydrogen-bond donors (Lipinski definition) is 1. The third-order valence-electron chi connectivity index (χ3n) is 4.43. The topological polar surface area (TPSA) is 32.5 Å². The van der Waals surface area contributed by atoms with E-state index in [2.05, 4.69) is 48.9 Å². The molecule has 1 heterocycles. The zero-order chi connectivity index (χ0) is 13.8. The van der Waals surface area contributed by atoms with Crippen LogP contribution in [0.2, 0.25) is 0 Å². The van der Waals surface area contributed by atoms with Crippen molar-refractivity contribution in [2.75, 3.05) is 31.6 Å². The van der Waals surface area contributed by atoms with Gasteiger partial charge in [0.25, 0.3) is 0 Å². The lowest BCUT2D eigenvalue weighted by Crippen LogP contribution is -2.43. The van der Waals surface area contributed by atoms with Gasteiger partial charge in [0.1, 0.15) is 0 Å². The van der Waals surface area contributed by atoms with Gasteiger partial charge in [-0.25, -0.2) is 0 Å². The fourth-order valence-corrected chi connectivity index (χ4v) is 3.06. The van der Waals surface area contributed by atoms with Crippen molar-refractivity contribution in [1.82, 2.24) is 4.90 Å². The Morgan fingerprint density at radius 3 is 2.53 bits per heavy atom. The predicted molar refractivity (Wildman–Crippen MR) is 82.6 cm³/mol. The molecule has 1 aliphatic rings. The molecule has 3 heteroatoms. The highest BCUT2D eigenvalue weighted by atomic mass is 15.2. The van der Waals surface area contributed by atoms with Crippen molar-refractivity contribution < 1.29 is 0 Å². The Kier molecular flexibility index (Phi) is 4.83. The summed E-state index contributed by atoms with van der Waals surface area (Å²) in [5.74, 6) is 0. The standard InChI is InChI=1S/C16H27N3/c1-4-19-9-7-15(8-10-19)18(3)16-6-5-14(12-17)11-13(16)2/h5-6,11,15H,4,7-10,12,17H2,1-3H3.